The third-order valence-electron chi connectivity index (χ3n) is 5.45. The van der Waals surface area contributed by atoms with Crippen molar-refractivity contribution in [3.63, 3.8) is 0 Å². The Morgan fingerprint density at radius 2 is 1.91 bits per heavy atom. The number of ether oxygens (including phenoxy) is 1. The molecule has 1 fully saturated rings. The lowest BCUT2D eigenvalue weighted by Gasteiger charge is -2.40. The maximum atomic E-state index is 13.3. The first-order valence-corrected chi connectivity index (χ1v) is 11.0. The van der Waals surface area contributed by atoms with E-state index in [1.807, 2.05) is 0 Å². The summed E-state index contributed by atoms with van der Waals surface area (Å²) in [4.78, 5) is 60.7. The number of hydrogen-bond acceptors (Lipinski definition) is 8. The second-order valence-corrected chi connectivity index (χ2v) is 8.23. The topological polar surface area (TPSA) is 136 Å². The zero-order valence-corrected chi connectivity index (χ0v) is 20.0. The monoisotopic (exact) mass is 489 g/mol. The summed E-state index contributed by atoms with van der Waals surface area (Å²) in [5.41, 5.74) is 0.280. The molecule has 0 bridgehead atoms. The van der Waals surface area contributed by atoms with Gasteiger partial charge < -0.3 is 14.5 Å². The van der Waals surface area contributed by atoms with Crippen LogP contribution in [0.1, 0.15) is 56.6 Å². The first kappa shape index (κ1) is 25.0. The molecular formula is C22H24ClN5O6. The highest BCUT2D eigenvalue weighted by Gasteiger charge is 2.34. The highest BCUT2D eigenvalue weighted by atomic mass is 35.5. The molecule has 0 spiro atoms. The number of carbonyl (C=O) groups is 3. The molecule has 1 aliphatic heterocycles. The molecule has 34 heavy (non-hydrogen) atoms. The fourth-order valence-corrected chi connectivity index (χ4v) is 4.11. The number of amides is 2. The lowest BCUT2D eigenvalue weighted by Crippen LogP contribution is -2.55. The number of piperazine rings is 1. The fourth-order valence-electron chi connectivity index (χ4n) is 3.85. The van der Waals surface area contributed by atoms with Gasteiger partial charge in [0.25, 0.3) is 17.5 Å². The van der Waals surface area contributed by atoms with Gasteiger partial charge in [0.15, 0.2) is 0 Å². The molecule has 1 aliphatic rings. The van der Waals surface area contributed by atoms with E-state index >= 15 is 0 Å². The number of nitrogens with zero attached hydrogens (tertiary/aromatic N) is 5. The number of benzene rings is 1. The van der Waals surface area contributed by atoms with E-state index in [2.05, 4.69) is 9.97 Å². The molecule has 12 heteroatoms. The van der Waals surface area contributed by atoms with Gasteiger partial charge in [-0.3, -0.25) is 19.7 Å². The van der Waals surface area contributed by atoms with Crippen LogP contribution in [0.25, 0.3) is 0 Å². The van der Waals surface area contributed by atoms with Crippen LogP contribution in [-0.4, -0.2) is 74.8 Å². The van der Waals surface area contributed by atoms with Gasteiger partial charge in [0.1, 0.15) is 17.1 Å². The van der Waals surface area contributed by atoms with E-state index in [4.69, 9.17) is 16.3 Å². The Labute approximate surface area is 200 Å². The molecule has 1 aromatic carbocycles. The highest BCUT2D eigenvalue weighted by Crippen LogP contribution is 2.26. The third kappa shape index (κ3) is 4.98. The summed E-state index contributed by atoms with van der Waals surface area (Å²) in [6.45, 7) is 7.43. The van der Waals surface area contributed by atoms with Crippen molar-refractivity contribution in [3.8, 4) is 0 Å². The minimum Gasteiger partial charge on any atom is -0.462 e. The zero-order chi connectivity index (χ0) is 25.2. The van der Waals surface area contributed by atoms with Crippen LogP contribution in [0.15, 0.2) is 18.2 Å². The molecular weight excluding hydrogens is 466 g/mol. The smallest absolute Gasteiger partial charge is 0.342 e. The number of aromatic nitrogens is 2. The van der Waals surface area contributed by atoms with Crippen molar-refractivity contribution in [1.82, 2.24) is 19.8 Å². The predicted octanol–water partition coefficient (Wildman–Crippen LogP) is 2.82. The Hall–Kier alpha value is -3.60. The number of esters is 1. The number of aryl methyl sites for hydroxylation is 2. The van der Waals surface area contributed by atoms with Gasteiger partial charge in [0.2, 0.25) is 0 Å². The van der Waals surface area contributed by atoms with E-state index in [0.717, 1.165) is 6.07 Å². The van der Waals surface area contributed by atoms with Gasteiger partial charge in [-0.1, -0.05) is 11.6 Å². The summed E-state index contributed by atoms with van der Waals surface area (Å²) in [5, 5.41) is 10.9. The number of halogens is 1. The average molecular weight is 490 g/mol. The summed E-state index contributed by atoms with van der Waals surface area (Å²) >= 11 is 6.12. The first-order chi connectivity index (χ1) is 16.0. The van der Waals surface area contributed by atoms with Crippen molar-refractivity contribution >= 4 is 35.1 Å². The lowest BCUT2D eigenvalue weighted by molar-refractivity contribution is -0.384. The number of nitro benzene ring substituents is 1. The molecule has 0 aliphatic carbocycles. The zero-order valence-electron chi connectivity index (χ0n) is 19.2. The van der Waals surface area contributed by atoms with E-state index in [9.17, 15) is 24.5 Å². The standard InChI is InChI=1S/C22H24ClN5O6/c1-5-34-22(31)18-13(3)24-14(4)25-19(18)21(30)26-8-9-27(12(2)11-26)20(29)16-7-6-15(28(32)33)10-17(16)23/h6-7,10,12H,5,8-9,11H2,1-4H3. The summed E-state index contributed by atoms with van der Waals surface area (Å²) in [5.74, 6) is -1.16. The quantitative estimate of drug-likeness (QED) is 0.355. The van der Waals surface area contributed by atoms with Crippen LogP contribution in [0.4, 0.5) is 5.69 Å². The molecule has 3 rings (SSSR count). The number of hydrogen-bond donors (Lipinski definition) is 0. The molecule has 1 unspecified atom stereocenters. The van der Waals surface area contributed by atoms with Crippen LogP contribution >= 0.6 is 11.6 Å². The lowest BCUT2D eigenvalue weighted by atomic mass is 10.1. The van der Waals surface area contributed by atoms with Crippen LogP contribution in [-0.2, 0) is 4.74 Å². The van der Waals surface area contributed by atoms with Crippen molar-refractivity contribution in [1.29, 1.82) is 0 Å². The van der Waals surface area contributed by atoms with E-state index in [0.29, 0.717) is 11.5 Å². The average Bonchev–Trinajstić information content (AvgIpc) is 2.77. The van der Waals surface area contributed by atoms with E-state index < -0.39 is 16.8 Å². The van der Waals surface area contributed by atoms with Gasteiger partial charge in [-0.2, -0.15) is 0 Å². The number of rotatable bonds is 5. The van der Waals surface area contributed by atoms with Gasteiger partial charge in [-0.05, 0) is 33.8 Å². The van der Waals surface area contributed by atoms with Crippen molar-refractivity contribution in [2.24, 2.45) is 0 Å². The number of carbonyl (C=O) groups excluding carboxylic acids is 3. The molecule has 2 heterocycles. The second-order valence-electron chi connectivity index (χ2n) is 7.82. The van der Waals surface area contributed by atoms with E-state index in [-0.39, 0.29) is 65.7 Å². The summed E-state index contributed by atoms with van der Waals surface area (Å²) in [7, 11) is 0. The van der Waals surface area contributed by atoms with Gasteiger partial charge in [0.05, 0.1) is 27.8 Å². The highest BCUT2D eigenvalue weighted by molar-refractivity contribution is 6.34. The van der Waals surface area contributed by atoms with Crippen molar-refractivity contribution < 1.29 is 24.0 Å². The molecule has 1 saturated heterocycles. The van der Waals surface area contributed by atoms with Crippen molar-refractivity contribution in [2.45, 2.75) is 33.7 Å². The van der Waals surface area contributed by atoms with Gasteiger partial charge >= 0.3 is 5.97 Å². The minimum atomic E-state index is -0.668. The SMILES string of the molecule is CCOC(=O)c1c(C)nc(C)nc1C(=O)N1CCN(C(=O)c2ccc([N+](=O)[O-])cc2Cl)C(C)C1. The molecule has 0 saturated carbocycles. The van der Waals surface area contributed by atoms with Crippen molar-refractivity contribution in [2.75, 3.05) is 26.2 Å². The van der Waals surface area contributed by atoms with Crippen LogP contribution < -0.4 is 0 Å². The van der Waals surface area contributed by atoms with E-state index in [1.54, 1.807) is 32.6 Å². The maximum Gasteiger partial charge on any atom is 0.342 e. The molecule has 2 amide bonds. The molecule has 0 N–H and O–H groups in total. The Balaban J connectivity index is 1.81. The van der Waals surface area contributed by atoms with Crippen LogP contribution in [0.2, 0.25) is 5.02 Å². The normalized spacial score (nSPS) is 15.7. The number of non-ortho nitro benzene ring substituents is 1. The summed E-state index contributed by atoms with van der Waals surface area (Å²) < 4.78 is 5.08. The molecule has 180 valence electrons. The van der Waals surface area contributed by atoms with Gasteiger partial charge in [0, 0.05) is 37.8 Å². The van der Waals surface area contributed by atoms with E-state index in [1.165, 1.54) is 17.0 Å². The molecule has 1 aromatic heterocycles. The molecule has 11 nitrogen and oxygen atoms in total. The minimum absolute atomic E-state index is 0.0177. The maximum absolute atomic E-state index is 13.3. The summed E-state index contributed by atoms with van der Waals surface area (Å²) in [6, 6.07) is 3.30. The Bertz CT molecular complexity index is 1170. The van der Waals surface area contributed by atoms with Gasteiger partial charge in [-0.25, -0.2) is 14.8 Å². The second kappa shape index (κ2) is 10.1. The molecule has 2 aromatic rings. The van der Waals surface area contributed by atoms with Crippen molar-refractivity contribution in [3.05, 3.63) is 61.7 Å². The largest absolute Gasteiger partial charge is 0.462 e. The molecule has 0 radical (unpaired) electrons. The Kier molecular flexibility index (Phi) is 7.45. The van der Waals surface area contributed by atoms with Crippen LogP contribution in [0.5, 0.6) is 0 Å². The third-order valence-corrected chi connectivity index (χ3v) is 5.77. The van der Waals surface area contributed by atoms with Crippen LogP contribution in [0, 0.1) is 24.0 Å². The Morgan fingerprint density at radius 3 is 2.50 bits per heavy atom. The Morgan fingerprint density at radius 1 is 1.21 bits per heavy atom. The first-order valence-electron chi connectivity index (χ1n) is 10.6. The number of nitro groups is 1. The fraction of sp³-hybridized carbons (Fsp3) is 0.409. The predicted molar refractivity (Wildman–Crippen MR) is 122 cm³/mol. The van der Waals surface area contributed by atoms with Crippen LogP contribution in [0.3, 0.4) is 0 Å². The molecule has 1 atom stereocenters. The van der Waals surface area contributed by atoms with Gasteiger partial charge in [-0.15, -0.1) is 0 Å². The summed E-state index contributed by atoms with van der Waals surface area (Å²) in [6.07, 6.45) is 0.